The number of hydrogen-bond acceptors (Lipinski definition) is 1. The lowest BCUT2D eigenvalue weighted by Gasteiger charge is -2.19. The summed E-state index contributed by atoms with van der Waals surface area (Å²) < 4.78 is 0. The molecule has 22 heavy (non-hydrogen) atoms. The molecule has 1 amide bonds. The number of benzene rings is 2. The molecule has 0 saturated heterocycles. The maximum absolute atomic E-state index is 12.3. The molecule has 0 spiro atoms. The molecule has 1 aliphatic carbocycles. The second kappa shape index (κ2) is 6.53. The van der Waals surface area contributed by atoms with Crippen molar-refractivity contribution >= 4 is 17.5 Å². The maximum Gasteiger partial charge on any atom is 0.224 e. The summed E-state index contributed by atoms with van der Waals surface area (Å²) in [5.41, 5.74) is 3.43. The van der Waals surface area contributed by atoms with Gasteiger partial charge in [-0.2, -0.15) is 0 Å². The van der Waals surface area contributed by atoms with Crippen molar-refractivity contribution in [2.45, 2.75) is 32.2 Å². The van der Waals surface area contributed by atoms with Crippen molar-refractivity contribution in [3.05, 3.63) is 70.2 Å². The minimum absolute atomic E-state index is 0.0693. The topological polar surface area (TPSA) is 29.1 Å². The summed E-state index contributed by atoms with van der Waals surface area (Å²) in [6.45, 7) is 2.08. The third-order valence-corrected chi connectivity index (χ3v) is 4.38. The van der Waals surface area contributed by atoms with Crippen molar-refractivity contribution in [1.29, 1.82) is 0 Å². The van der Waals surface area contributed by atoms with Gasteiger partial charge in [-0.15, -0.1) is 0 Å². The van der Waals surface area contributed by atoms with Crippen LogP contribution < -0.4 is 5.32 Å². The number of amides is 1. The van der Waals surface area contributed by atoms with Gasteiger partial charge in [0.1, 0.15) is 0 Å². The molecule has 1 aliphatic rings. The van der Waals surface area contributed by atoms with Gasteiger partial charge in [0.25, 0.3) is 0 Å². The number of hydrogen-bond donors (Lipinski definition) is 1. The van der Waals surface area contributed by atoms with Crippen molar-refractivity contribution in [1.82, 2.24) is 5.32 Å². The molecule has 2 aromatic rings. The van der Waals surface area contributed by atoms with Gasteiger partial charge in [0, 0.05) is 5.02 Å². The molecule has 3 heteroatoms. The molecule has 3 rings (SSSR count). The lowest BCUT2D eigenvalue weighted by molar-refractivity contribution is -0.121. The molecular formula is C19H20ClNO. The predicted octanol–water partition coefficient (Wildman–Crippen LogP) is 4.46. The summed E-state index contributed by atoms with van der Waals surface area (Å²) in [7, 11) is 0. The average Bonchev–Trinajstić information content (AvgIpc) is 3.33. The molecule has 1 fully saturated rings. The van der Waals surface area contributed by atoms with E-state index in [2.05, 4.69) is 36.5 Å². The van der Waals surface area contributed by atoms with E-state index in [0.717, 1.165) is 5.56 Å². The Morgan fingerprint density at radius 2 is 1.77 bits per heavy atom. The summed E-state index contributed by atoms with van der Waals surface area (Å²) >= 11 is 5.87. The first-order valence-corrected chi connectivity index (χ1v) is 8.10. The van der Waals surface area contributed by atoms with E-state index in [9.17, 15) is 4.79 Å². The molecule has 114 valence electrons. The Kier molecular flexibility index (Phi) is 4.49. The van der Waals surface area contributed by atoms with Crippen molar-refractivity contribution in [3.8, 4) is 0 Å². The van der Waals surface area contributed by atoms with E-state index in [1.807, 2.05) is 24.3 Å². The number of rotatable bonds is 5. The number of halogens is 1. The molecule has 1 atom stereocenters. The highest BCUT2D eigenvalue weighted by atomic mass is 35.5. The lowest BCUT2D eigenvalue weighted by Crippen LogP contribution is -2.31. The van der Waals surface area contributed by atoms with E-state index < -0.39 is 0 Å². The number of carbonyl (C=O) groups is 1. The first-order valence-electron chi connectivity index (χ1n) is 7.72. The largest absolute Gasteiger partial charge is 0.349 e. The second-order valence-corrected chi connectivity index (χ2v) is 6.53. The Morgan fingerprint density at radius 1 is 1.14 bits per heavy atom. The molecule has 0 aromatic heterocycles. The van der Waals surface area contributed by atoms with Crippen LogP contribution in [0.2, 0.25) is 5.02 Å². The van der Waals surface area contributed by atoms with Crippen LogP contribution in [0, 0.1) is 12.8 Å². The van der Waals surface area contributed by atoms with E-state index in [1.54, 1.807) is 0 Å². The first kappa shape index (κ1) is 15.1. The van der Waals surface area contributed by atoms with Gasteiger partial charge in [0.05, 0.1) is 12.5 Å². The fourth-order valence-electron chi connectivity index (χ4n) is 2.69. The molecule has 0 bridgehead atoms. The molecule has 0 heterocycles. The summed E-state index contributed by atoms with van der Waals surface area (Å²) in [4.78, 5) is 12.3. The molecule has 2 aromatic carbocycles. The predicted molar refractivity (Wildman–Crippen MR) is 89.9 cm³/mol. The van der Waals surface area contributed by atoms with Crippen LogP contribution in [0.25, 0.3) is 0 Å². The minimum atomic E-state index is 0.0693. The van der Waals surface area contributed by atoms with Crippen LogP contribution in [0.3, 0.4) is 0 Å². The smallest absolute Gasteiger partial charge is 0.224 e. The highest BCUT2D eigenvalue weighted by molar-refractivity contribution is 6.30. The van der Waals surface area contributed by atoms with Crippen LogP contribution in [0.4, 0.5) is 0 Å². The van der Waals surface area contributed by atoms with Crippen molar-refractivity contribution in [2.75, 3.05) is 0 Å². The summed E-state index contributed by atoms with van der Waals surface area (Å²) in [5, 5.41) is 3.90. The van der Waals surface area contributed by atoms with Crippen LogP contribution >= 0.6 is 11.6 Å². The Labute approximate surface area is 136 Å². The minimum Gasteiger partial charge on any atom is -0.349 e. The van der Waals surface area contributed by atoms with Crippen molar-refractivity contribution in [2.24, 2.45) is 5.92 Å². The molecule has 1 unspecified atom stereocenters. The van der Waals surface area contributed by atoms with Gasteiger partial charge in [0.15, 0.2) is 0 Å². The third kappa shape index (κ3) is 3.89. The van der Waals surface area contributed by atoms with E-state index >= 15 is 0 Å². The summed E-state index contributed by atoms with van der Waals surface area (Å²) in [6, 6.07) is 16.1. The van der Waals surface area contributed by atoms with E-state index in [-0.39, 0.29) is 11.9 Å². The maximum atomic E-state index is 12.3. The lowest BCUT2D eigenvalue weighted by atomic mass is 10.0. The zero-order valence-electron chi connectivity index (χ0n) is 12.7. The molecule has 1 N–H and O–H groups in total. The monoisotopic (exact) mass is 313 g/mol. The molecule has 1 saturated carbocycles. The average molecular weight is 314 g/mol. The van der Waals surface area contributed by atoms with Crippen LogP contribution in [0.15, 0.2) is 48.5 Å². The van der Waals surface area contributed by atoms with Gasteiger partial charge < -0.3 is 5.32 Å². The first-order chi connectivity index (χ1) is 10.6. The van der Waals surface area contributed by atoms with Crippen molar-refractivity contribution in [3.63, 3.8) is 0 Å². The number of aryl methyl sites for hydroxylation is 1. The second-order valence-electron chi connectivity index (χ2n) is 6.10. The number of nitrogens with one attached hydrogen (secondary N) is 1. The molecule has 0 aliphatic heterocycles. The SMILES string of the molecule is Cc1ccc(C(NC(=O)Cc2ccc(Cl)cc2)C2CC2)cc1. The standard InChI is InChI=1S/C19H20ClNO/c1-13-2-6-15(7-3-13)19(16-8-9-16)21-18(22)12-14-4-10-17(20)11-5-14/h2-7,10-11,16,19H,8-9,12H2,1H3,(H,21,22). The van der Waals surface area contributed by atoms with Gasteiger partial charge in [-0.1, -0.05) is 53.6 Å². The third-order valence-electron chi connectivity index (χ3n) is 4.12. The van der Waals surface area contributed by atoms with Crippen LogP contribution in [-0.4, -0.2) is 5.91 Å². The Balaban J connectivity index is 1.67. The van der Waals surface area contributed by atoms with E-state index in [0.29, 0.717) is 17.4 Å². The summed E-state index contributed by atoms with van der Waals surface area (Å²) in [6.07, 6.45) is 2.78. The summed E-state index contributed by atoms with van der Waals surface area (Å²) in [5.74, 6) is 0.650. The van der Waals surface area contributed by atoms with Gasteiger partial charge in [-0.3, -0.25) is 4.79 Å². The zero-order chi connectivity index (χ0) is 15.5. The van der Waals surface area contributed by atoms with Crippen LogP contribution in [0.1, 0.15) is 35.6 Å². The highest BCUT2D eigenvalue weighted by Gasteiger charge is 2.33. The van der Waals surface area contributed by atoms with Gasteiger partial charge in [-0.05, 0) is 48.9 Å². The fourth-order valence-corrected chi connectivity index (χ4v) is 2.81. The van der Waals surface area contributed by atoms with Crippen LogP contribution in [0.5, 0.6) is 0 Å². The van der Waals surface area contributed by atoms with Crippen LogP contribution in [-0.2, 0) is 11.2 Å². The Bertz CT molecular complexity index is 644. The molecule has 2 nitrogen and oxygen atoms in total. The fraction of sp³-hybridized carbons (Fsp3) is 0.316. The van der Waals surface area contributed by atoms with Gasteiger partial charge >= 0.3 is 0 Å². The highest BCUT2D eigenvalue weighted by Crippen LogP contribution is 2.41. The van der Waals surface area contributed by atoms with Crippen molar-refractivity contribution < 1.29 is 4.79 Å². The Hall–Kier alpha value is -1.80. The van der Waals surface area contributed by atoms with E-state index in [1.165, 1.54) is 24.0 Å². The zero-order valence-corrected chi connectivity index (χ0v) is 13.4. The molecule has 0 radical (unpaired) electrons. The normalized spacial score (nSPS) is 15.4. The van der Waals surface area contributed by atoms with Gasteiger partial charge in [-0.25, -0.2) is 0 Å². The Morgan fingerprint density at radius 3 is 2.36 bits per heavy atom. The molecular weight excluding hydrogens is 294 g/mol. The van der Waals surface area contributed by atoms with E-state index in [4.69, 9.17) is 11.6 Å². The number of carbonyl (C=O) groups excluding carboxylic acids is 1. The van der Waals surface area contributed by atoms with Gasteiger partial charge in [0.2, 0.25) is 5.91 Å². The quantitative estimate of drug-likeness (QED) is 0.867.